The maximum atomic E-state index is 9.86. The number of hydrogen-bond donors (Lipinski definition) is 1. The van der Waals surface area contributed by atoms with Gasteiger partial charge < -0.3 is 5.11 Å². The lowest BCUT2D eigenvalue weighted by Crippen LogP contribution is -1.89. The van der Waals surface area contributed by atoms with Crippen LogP contribution in [0, 0.1) is 0 Å². The van der Waals surface area contributed by atoms with Crippen LogP contribution in [0.5, 0.6) is 0 Å². The van der Waals surface area contributed by atoms with Crippen molar-refractivity contribution in [1.29, 1.82) is 0 Å². The zero-order chi connectivity index (χ0) is 6.57. The summed E-state index contributed by atoms with van der Waals surface area (Å²) in [7, 11) is 0. The van der Waals surface area contributed by atoms with E-state index in [1.54, 1.807) is 6.08 Å². The SMILES string of the molecule is C/C(I)=C\CC(=O)O. The van der Waals surface area contributed by atoms with Crippen molar-refractivity contribution in [2.45, 2.75) is 13.3 Å². The second-order valence-electron chi connectivity index (χ2n) is 1.39. The predicted octanol–water partition coefficient (Wildman–Crippen LogP) is 1.80. The number of carboxylic acid groups (broad SMARTS) is 1. The fraction of sp³-hybridized carbons (Fsp3) is 0.400. The summed E-state index contributed by atoms with van der Waals surface area (Å²) in [5.41, 5.74) is 0. The zero-order valence-corrected chi connectivity index (χ0v) is 6.68. The summed E-state index contributed by atoms with van der Waals surface area (Å²) in [6, 6.07) is 0. The first-order valence-electron chi connectivity index (χ1n) is 2.17. The fourth-order valence-corrected chi connectivity index (χ4v) is 0.448. The van der Waals surface area contributed by atoms with Crippen molar-refractivity contribution in [3.05, 3.63) is 9.66 Å². The van der Waals surface area contributed by atoms with Crippen LogP contribution in [-0.4, -0.2) is 11.1 Å². The monoisotopic (exact) mass is 226 g/mol. The van der Waals surface area contributed by atoms with E-state index < -0.39 is 5.97 Å². The van der Waals surface area contributed by atoms with Gasteiger partial charge in [-0.15, -0.1) is 0 Å². The van der Waals surface area contributed by atoms with E-state index in [1.807, 2.05) is 6.92 Å². The van der Waals surface area contributed by atoms with Gasteiger partial charge in [0.15, 0.2) is 0 Å². The van der Waals surface area contributed by atoms with Gasteiger partial charge in [0.05, 0.1) is 6.42 Å². The maximum absolute atomic E-state index is 9.86. The molecule has 46 valence electrons. The summed E-state index contributed by atoms with van der Waals surface area (Å²) < 4.78 is 1.02. The van der Waals surface area contributed by atoms with Crippen molar-refractivity contribution in [2.75, 3.05) is 0 Å². The summed E-state index contributed by atoms with van der Waals surface area (Å²) in [5, 5.41) is 8.11. The molecule has 0 amide bonds. The summed E-state index contributed by atoms with van der Waals surface area (Å²) in [5.74, 6) is -0.777. The molecule has 0 fully saturated rings. The third kappa shape index (κ3) is 5.94. The zero-order valence-electron chi connectivity index (χ0n) is 4.52. The first-order valence-corrected chi connectivity index (χ1v) is 3.25. The number of rotatable bonds is 2. The minimum absolute atomic E-state index is 0.134. The number of halogens is 1. The minimum Gasteiger partial charge on any atom is -0.481 e. The molecule has 0 radical (unpaired) electrons. The summed E-state index contributed by atoms with van der Waals surface area (Å²) in [4.78, 5) is 9.86. The van der Waals surface area contributed by atoms with Crippen LogP contribution in [-0.2, 0) is 4.79 Å². The number of carbonyl (C=O) groups is 1. The van der Waals surface area contributed by atoms with Gasteiger partial charge in [-0.05, 0) is 33.1 Å². The molecule has 0 spiro atoms. The molecule has 0 aliphatic carbocycles. The van der Waals surface area contributed by atoms with E-state index in [0.717, 1.165) is 3.58 Å². The van der Waals surface area contributed by atoms with Crippen LogP contribution in [0.25, 0.3) is 0 Å². The van der Waals surface area contributed by atoms with Gasteiger partial charge in [0.25, 0.3) is 0 Å². The highest BCUT2D eigenvalue weighted by atomic mass is 127. The number of carboxylic acids is 1. The molecular formula is C5H7IO2. The average Bonchev–Trinajstić information content (AvgIpc) is 1.61. The van der Waals surface area contributed by atoms with Crippen LogP contribution in [0.15, 0.2) is 9.66 Å². The van der Waals surface area contributed by atoms with Crippen molar-refractivity contribution in [3.8, 4) is 0 Å². The molecule has 0 aromatic heterocycles. The van der Waals surface area contributed by atoms with E-state index in [-0.39, 0.29) is 6.42 Å². The van der Waals surface area contributed by atoms with Crippen molar-refractivity contribution < 1.29 is 9.90 Å². The van der Waals surface area contributed by atoms with E-state index >= 15 is 0 Å². The van der Waals surface area contributed by atoms with Crippen LogP contribution in [0.1, 0.15) is 13.3 Å². The van der Waals surface area contributed by atoms with E-state index in [0.29, 0.717) is 0 Å². The number of allylic oxidation sites excluding steroid dienone is 1. The molecule has 0 atom stereocenters. The Labute approximate surface area is 61.7 Å². The van der Waals surface area contributed by atoms with Crippen LogP contribution in [0.4, 0.5) is 0 Å². The minimum atomic E-state index is -0.777. The molecule has 0 saturated carbocycles. The summed E-state index contributed by atoms with van der Waals surface area (Å²) in [6.45, 7) is 1.86. The van der Waals surface area contributed by atoms with Crippen molar-refractivity contribution in [2.24, 2.45) is 0 Å². The van der Waals surface area contributed by atoms with E-state index in [1.165, 1.54) is 0 Å². The molecular weight excluding hydrogens is 219 g/mol. The topological polar surface area (TPSA) is 37.3 Å². The highest BCUT2D eigenvalue weighted by Gasteiger charge is 1.89. The molecule has 1 N–H and O–H groups in total. The Kier molecular flexibility index (Phi) is 3.85. The molecule has 3 heteroatoms. The molecule has 0 aromatic rings. The van der Waals surface area contributed by atoms with E-state index in [9.17, 15) is 4.79 Å². The van der Waals surface area contributed by atoms with Crippen molar-refractivity contribution in [1.82, 2.24) is 0 Å². The Morgan fingerprint density at radius 2 is 2.38 bits per heavy atom. The molecule has 0 bridgehead atoms. The molecule has 0 saturated heterocycles. The average molecular weight is 226 g/mol. The smallest absolute Gasteiger partial charge is 0.307 e. The lowest BCUT2D eigenvalue weighted by molar-refractivity contribution is -0.136. The molecule has 0 aliphatic heterocycles. The Balaban J connectivity index is 3.45. The maximum Gasteiger partial charge on any atom is 0.307 e. The second kappa shape index (κ2) is 3.88. The quantitative estimate of drug-likeness (QED) is 0.729. The largest absolute Gasteiger partial charge is 0.481 e. The molecule has 0 heterocycles. The molecule has 0 rings (SSSR count). The van der Waals surface area contributed by atoms with Crippen LogP contribution < -0.4 is 0 Å². The highest BCUT2D eigenvalue weighted by molar-refractivity contribution is 14.1. The Bertz CT molecular complexity index is 114. The van der Waals surface area contributed by atoms with E-state index in [2.05, 4.69) is 22.6 Å². The van der Waals surface area contributed by atoms with Gasteiger partial charge in [0.1, 0.15) is 0 Å². The van der Waals surface area contributed by atoms with E-state index in [4.69, 9.17) is 5.11 Å². The van der Waals surface area contributed by atoms with Gasteiger partial charge in [0.2, 0.25) is 0 Å². The van der Waals surface area contributed by atoms with Crippen molar-refractivity contribution >= 4 is 28.6 Å². The van der Waals surface area contributed by atoms with Gasteiger partial charge in [0, 0.05) is 0 Å². The molecule has 0 aliphatic rings. The number of aliphatic carboxylic acids is 1. The molecule has 8 heavy (non-hydrogen) atoms. The predicted molar refractivity (Wildman–Crippen MR) is 40.0 cm³/mol. The summed E-state index contributed by atoms with van der Waals surface area (Å²) >= 11 is 2.07. The van der Waals surface area contributed by atoms with Crippen LogP contribution in [0.3, 0.4) is 0 Å². The number of hydrogen-bond acceptors (Lipinski definition) is 1. The van der Waals surface area contributed by atoms with Crippen molar-refractivity contribution in [3.63, 3.8) is 0 Å². The van der Waals surface area contributed by atoms with Gasteiger partial charge in [-0.3, -0.25) is 4.79 Å². The van der Waals surface area contributed by atoms with Gasteiger partial charge in [-0.25, -0.2) is 0 Å². The highest BCUT2D eigenvalue weighted by Crippen LogP contribution is 2.03. The van der Waals surface area contributed by atoms with Gasteiger partial charge in [-0.1, -0.05) is 6.08 Å². The normalized spacial score (nSPS) is 11.5. The lowest BCUT2D eigenvalue weighted by Gasteiger charge is -1.83. The van der Waals surface area contributed by atoms with Crippen LogP contribution in [0.2, 0.25) is 0 Å². The molecule has 0 unspecified atom stereocenters. The first-order chi connectivity index (χ1) is 3.63. The molecule has 0 aromatic carbocycles. The standard InChI is InChI=1S/C5H7IO2/c1-4(6)2-3-5(7)8/h2H,3H2,1H3,(H,7,8)/b4-2+. The fourth-order valence-electron chi connectivity index (χ4n) is 0.228. The second-order valence-corrected chi connectivity index (χ2v) is 3.09. The Hall–Kier alpha value is -0.0600. The first kappa shape index (κ1) is 7.94. The van der Waals surface area contributed by atoms with Gasteiger partial charge in [-0.2, -0.15) is 0 Å². The Morgan fingerprint density at radius 3 is 2.50 bits per heavy atom. The van der Waals surface area contributed by atoms with Crippen LogP contribution >= 0.6 is 22.6 Å². The third-order valence-corrected chi connectivity index (χ3v) is 0.998. The van der Waals surface area contributed by atoms with Gasteiger partial charge >= 0.3 is 5.97 Å². The Morgan fingerprint density at radius 1 is 1.88 bits per heavy atom. The third-order valence-electron chi connectivity index (χ3n) is 0.558. The lowest BCUT2D eigenvalue weighted by atomic mass is 10.4. The molecule has 2 nitrogen and oxygen atoms in total. The summed E-state index contributed by atoms with van der Waals surface area (Å²) in [6.07, 6.45) is 1.80.